The molecule has 1 aromatic rings. The zero-order chi connectivity index (χ0) is 14.1. The van der Waals surface area contributed by atoms with Crippen LogP contribution >= 0.6 is 0 Å². The smallest absolute Gasteiger partial charge is 0.166 e. The van der Waals surface area contributed by atoms with Gasteiger partial charge in [0, 0.05) is 6.42 Å². The highest BCUT2D eigenvalue weighted by atomic mass is 16.5. The van der Waals surface area contributed by atoms with Gasteiger partial charge in [-0.05, 0) is 37.5 Å². The second kappa shape index (κ2) is 8.57. The molecule has 106 valence electrons. The van der Waals surface area contributed by atoms with Crippen LogP contribution in [0.2, 0.25) is 0 Å². The number of ether oxygens (including phenoxy) is 2. The number of carbonyl (C=O) groups excluding carboxylic acids is 1. The van der Waals surface area contributed by atoms with Gasteiger partial charge in [-0.3, -0.25) is 4.79 Å². The number of ketones is 1. The molecule has 0 amide bonds. The lowest BCUT2D eigenvalue weighted by Gasteiger charge is -2.12. The Morgan fingerprint density at radius 1 is 1.00 bits per heavy atom. The van der Waals surface area contributed by atoms with Crippen LogP contribution in [0.4, 0.5) is 0 Å². The quantitative estimate of drug-likeness (QED) is 0.625. The molecule has 0 heterocycles. The summed E-state index contributed by atoms with van der Waals surface area (Å²) < 4.78 is 11.2. The summed E-state index contributed by atoms with van der Waals surface area (Å²) in [4.78, 5) is 12.1. The fourth-order valence-electron chi connectivity index (χ4n) is 1.74. The zero-order valence-corrected chi connectivity index (χ0v) is 12.2. The van der Waals surface area contributed by atoms with Gasteiger partial charge >= 0.3 is 0 Å². The van der Waals surface area contributed by atoms with Gasteiger partial charge in [0.15, 0.2) is 5.78 Å². The minimum absolute atomic E-state index is 0.121. The first kappa shape index (κ1) is 15.5. The molecule has 0 saturated heterocycles. The van der Waals surface area contributed by atoms with Crippen molar-refractivity contribution in [1.29, 1.82) is 0 Å². The number of Topliss-reactive ketones (excluding diaryl/α,β-unsaturated/α-hetero) is 1. The van der Waals surface area contributed by atoms with E-state index < -0.39 is 0 Å². The summed E-state index contributed by atoms with van der Waals surface area (Å²) in [5.41, 5.74) is 0.643. The van der Waals surface area contributed by atoms with E-state index in [0.29, 0.717) is 30.9 Å². The van der Waals surface area contributed by atoms with Crippen LogP contribution in [0.3, 0.4) is 0 Å². The Balaban J connectivity index is 2.92. The molecule has 0 saturated carbocycles. The molecule has 0 fully saturated rings. The second-order valence-corrected chi connectivity index (χ2v) is 4.53. The summed E-state index contributed by atoms with van der Waals surface area (Å²) >= 11 is 0. The lowest BCUT2D eigenvalue weighted by atomic mass is 10.1. The molecule has 19 heavy (non-hydrogen) atoms. The topological polar surface area (TPSA) is 35.5 Å². The highest BCUT2D eigenvalue weighted by molar-refractivity contribution is 5.99. The maximum atomic E-state index is 12.1. The molecule has 0 aliphatic rings. The van der Waals surface area contributed by atoms with Crippen LogP contribution in [0.5, 0.6) is 11.5 Å². The van der Waals surface area contributed by atoms with E-state index in [2.05, 4.69) is 6.92 Å². The SMILES string of the molecule is CCCOc1ccc(OCCC)c(C(=O)CCC)c1. The van der Waals surface area contributed by atoms with E-state index in [-0.39, 0.29) is 5.78 Å². The molecule has 0 aliphatic heterocycles. The molecule has 1 rings (SSSR count). The highest BCUT2D eigenvalue weighted by Gasteiger charge is 2.13. The third kappa shape index (κ3) is 4.93. The van der Waals surface area contributed by atoms with Gasteiger partial charge in [-0.2, -0.15) is 0 Å². The fourth-order valence-corrected chi connectivity index (χ4v) is 1.74. The van der Waals surface area contributed by atoms with Gasteiger partial charge in [0.25, 0.3) is 0 Å². The van der Waals surface area contributed by atoms with Crippen LogP contribution < -0.4 is 9.47 Å². The largest absolute Gasteiger partial charge is 0.494 e. The van der Waals surface area contributed by atoms with E-state index in [0.717, 1.165) is 25.0 Å². The molecule has 3 nitrogen and oxygen atoms in total. The molecule has 0 aliphatic carbocycles. The van der Waals surface area contributed by atoms with Gasteiger partial charge in [-0.15, -0.1) is 0 Å². The van der Waals surface area contributed by atoms with Crippen LogP contribution in [0, 0.1) is 0 Å². The minimum Gasteiger partial charge on any atom is -0.494 e. The van der Waals surface area contributed by atoms with Crippen molar-refractivity contribution >= 4 is 5.78 Å². The Morgan fingerprint density at radius 2 is 1.68 bits per heavy atom. The summed E-state index contributed by atoms with van der Waals surface area (Å²) in [6.07, 6.45) is 3.26. The standard InChI is InChI=1S/C16H24O3/c1-4-7-15(17)14-12-13(18-10-5-2)8-9-16(14)19-11-6-3/h8-9,12H,4-7,10-11H2,1-3H3. The van der Waals surface area contributed by atoms with Crippen molar-refractivity contribution in [2.24, 2.45) is 0 Å². The van der Waals surface area contributed by atoms with Crippen molar-refractivity contribution in [3.63, 3.8) is 0 Å². The first-order valence-electron chi connectivity index (χ1n) is 7.15. The minimum atomic E-state index is 0.121. The Hall–Kier alpha value is -1.51. The van der Waals surface area contributed by atoms with Crippen molar-refractivity contribution < 1.29 is 14.3 Å². The van der Waals surface area contributed by atoms with E-state index in [1.807, 2.05) is 26.0 Å². The summed E-state index contributed by atoms with van der Waals surface area (Å²) in [7, 11) is 0. The monoisotopic (exact) mass is 264 g/mol. The van der Waals surface area contributed by atoms with E-state index in [9.17, 15) is 4.79 Å². The van der Waals surface area contributed by atoms with Crippen LogP contribution in [0.25, 0.3) is 0 Å². The van der Waals surface area contributed by atoms with Gasteiger partial charge in [-0.25, -0.2) is 0 Å². The maximum Gasteiger partial charge on any atom is 0.166 e. The molecule has 0 spiro atoms. The van der Waals surface area contributed by atoms with Gasteiger partial charge in [0.2, 0.25) is 0 Å². The van der Waals surface area contributed by atoms with Crippen LogP contribution in [-0.2, 0) is 0 Å². The zero-order valence-electron chi connectivity index (χ0n) is 12.2. The number of carbonyl (C=O) groups is 1. The van der Waals surface area contributed by atoms with E-state index in [1.165, 1.54) is 0 Å². The molecule has 0 atom stereocenters. The van der Waals surface area contributed by atoms with Gasteiger partial charge in [0.1, 0.15) is 11.5 Å². The van der Waals surface area contributed by atoms with Crippen molar-refractivity contribution in [3.8, 4) is 11.5 Å². The average Bonchev–Trinajstić information content (AvgIpc) is 2.43. The molecule has 1 aromatic carbocycles. The summed E-state index contributed by atoms with van der Waals surface area (Å²) in [5, 5.41) is 0. The molecular formula is C16H24O3. The molecule has 0 aromatic heterocycles. The molecule has 0 N–H and O–H groups in total. The number of benzene rings is 1. The van der Waals surface area contributed by atoms with Crippen molar-refractivity contribution in [3.05, 3.63) is 23.8 Å². The molecule has 0 bridgehead atoms. The van der Waals surface area contributed by atoms with Crippen molar-refractivity contribution in [1.82, 2.24) is 0 Å². The molecular weight excluding hydrogens is 240 g/mol. The third-order valence-electron chi connectivity index (χ3n) is 2.66. The lowest BCUT2D eigenvalue weighted by molar-refractivity contribution is 0.0977. The van der Waals surface area contributed by atoms with Gasteiger partial charge in [-0.1, -0.05) is 20.8 Å². The maximum absolute atomic E-state index is 12.1. The Morgan fingerprint density at radius 3 is 2.32 bits per heavy atom. The fraction of sp³-hybridized carbons (Fsp3) is 0.562. The average molecular weight is 264 g/mol. The van der Waals surface area contributed by atoms with E-state index in [1.54, 1.807) is 6.07 Å². The normalized spacial score (nSPS) is 10.3. The van der Waals surface area contributed by atoms with Crippen molar-refractivity contribution in [2.45, 2.75) is 46.5 Å². The first-order chi connectivity index (χ1) is 9.22. The predicted molar refractivity (Wildman–Crippen MR) is 77.3 cm³/mol. The van der Waals surface area contributed by atoms with E-state index in [4.69, 9.17) is 9.47 Å². The molecule has 3 heteroatoms. The Labute approximate surface area is 115 Å². The summed E-state index contributed by atoms with van der Waals surface area (Å²) in [6.45, 7) is 7.40. The highest BCUT2D eigenvalue weighted by Crippen LogP contribution is 2.26. The summed E-state index contributed by atoms with van der Waals surface area (Å²) in [5.74, 6) is 1.53. The number of hydrogen-bond donors (Lipinski definition) is 0. The summed E-state index contributed by atoms with van der Waals surface area (Å²) in [6, 6.07) is 5.51. The van der Waals surface area contributed by atoms with Gasteiger partial charge in [0.05, 0.1) is 18.8 Å². The second-order valence-electron chi connectivity index (χ2n) is 4.53. The van der Waals surface area contributed by atoms with Gasteiger partial charge < -0.3 is 9.47 Å². The first-order valence-corrected chi connectivity index (χ1v) is 7.15. The molecule has 0 radical (unpaired) electrons. The van der Waals surface area contributed by atoms with Crippen molar-refractivity contribution in [2.75, 3.05) is 13.2 Å². The van der Waals surface area contributed by atoms with E-state index >= 15 is 0 Å². The van der Waals surface area contributed by atoms with Crippen LogP contribution in [0.15, 0.2) is 18.2 Å². The van der Waals surface area contributed by atoms with Crippen LogP contribution in [0.1, 0.15) is 56.8 Å². The lowest BCUT2D eigenvalue weighted by Crippen LogP contribution is -2.06. The number of rotatable bonds is 9. The van der Waals surface area contributed by atoms with Crippen LogP contribution in [-0.4, -0.2) is 19.0 Å². The molecule has 0 unspecified atom stereocenters. The predicted octanol–water partition coefficient (Wildman–Crippen LogP) is 4.25. The number of hydrogen-bond acceptors (Lipinski definition) is 3. The third-order valence-corrected chi connectivity index (χ3v) is 2.66. The Kier molecular flexibility index (Phi) is 7.01. The Bertz CT molecular complexity index is 399.